The molecule has 0 atom stereocenters. The molecule has 0 aliphatic rings. The predicted octanol–water partition coefficient (Wildman–Crippen LogP) is 3.80. The molecule has 1 heterocycles. The van der Waals surface area contributed by atoms with Crippen molar-refractivity contribution in [3.05, 3.63) is 66.0 Å². The molecule has 2 aromatic rings. The summed E-state index contributed by atoms with van der Waals surface area (Å²) in [5.74, 6) is -0.216. The highest BCUT2D eigenvalue weighted by molar-refractivity contribution is 6.02. The van der Waals surface area contributed by atoms with E-state index in [9.17, 15) is 4.79 Å². The van der Waals surface area contributed by atoms with Gasteiger partial charge in [-0.3, -0.25) is 9.78 Å². The largest absolute Gasteiger partial charge is 0.271 e. The third kappa shape index (κ3) is 4.81. The van der Waals surface area contributed by atoms with E-state index < -0.39 is 0 Å². The van der Waals surface area contributed by atoms with Crippen molar-refractivity contribution in [3.8, 4) is 0 Å². The van der Waals surface area contributed by atoms with Gasteiger partial charge in [0, 0.05) is 18.0 Å². The first-order chi connectivity index (χ1) is 10.8. The second-order valence-electron chi connectivity index (χ2n) is 5.06. The summed E-state index contributed by atoms with van der Waals surface area (Å²) in [5, 5.41) is 4.34. The van der Waals surface area contributed by atoms with Crippen molar-refractivity contribution < 1.29 is 4.79 Å². The van der Waals surface area contributed by atoms with Gasteiger partial charge >= 0.3 is 0 Å². The Hall–Kier alpha value is -2.49. The van der Waals surface area contributed by atoms with Gasteiger partial charge in [-0.1, -0.05) is 50.1 Å². The number of rotatable bonds is 7. The highest BCUT2D eigenvalue weighted by Crippen LogP contribution is 2.09. The van der Waals surface area contributed by atoms with Crippen LogP contribution in [-0.2, 0) is 0 Å². The van der Waals surface area contributed by atoms with Crippen LogP contribution >= 0.6 is 0 Å². The molecule has 2 rings (SSSR count). The summed E-state index contributed by atoms with van der Waals surface area (Å²) >= 11 is 0. The van der Waals surface area contributed by atoms with E-state index in [1.165, 1.54) is 0 Å². The number of carbonyl (C=O) groups excluding carboxylic acids is 1. The number of hydrogen-bond donors (Lipinski definition) is 1. The Kier molecular flexibility index (Phi) is 6.30. The number of aromatic nitrogens is 1. The van der Waals surface area contributed by atoms with Crippen molar-refractivity contribution in [1.82, 2.24) is 10.4 Å². The van der Waals surface area contributed by atoms with E-state index in [2.05, 4.69) is 22.4 Å². The van der Waals surface area contributed by atoms with E-state index in [1.54, 1.807) is 24.5 Å². The Labute approximate surface area is 131 Å². The molecule has 1 N–H and O–H groups in total. The average Bonchev–Trinajstić information content (AvgIpc) is 2.59. The molecule has 0 fully saturated rings. The monoisotopic (exact) mass is 295 g/mol. The molecule has 0 saturated heterocycles. The molecule has 0 spiro atoms. The molecule has 0 aliphatic carbocycles. The lowest BCUT2D eigenvalue weighted by molar-refractivity contribution is 0.0954. The van der Waals surface area contributed by atoms with Crippen LogP contribution in [0.1, 0.15) is 48.5 Å². The number of nitrogens with zero attached hydrogens (tertiary/aromatic N) is 2. The molecule has 0 saturated carbocycles. The second kappa shape index (κ2) is 8.72. The average molecular weight is 295 g/mol. The standard InChI is InChI=1S/C18H21N3O/c1-2-3-5-10-17(15-8-6-4-7-9-15)20-21-18(22)16-11-13-19-14-12-16/h4,6-9,11-14H,2-3,5,10H2,1H3,(H,21,22)/b20-17-. The molecule has 1 aromatic heterocycles. The summed E-state index contributed by atoms with van der Waals surface area (Å²) in [6.45, 7) is 2.17. The van der Waals surface area contributed by atoms with E-state index in [4.69, 9.17) is 0 Å². The number of pyridine rings is 1. The fourth-order valence-electron chi connectivity index (χ4n) is 2.12. The minimum absolute atomic E-state index is 0.216. The molecule has 0 bridgehead atoms. The van der Waals surface area contributed by atoms with E-state index in [1.807, 2.05) is 30.3 Å². The number of nitrogens with one attached hydrogen (secondary N) is 1. The van der Waals surface area contributed by atoms with Gasteiger partial charge in [-0.2, -0.15) is 5.10 Å². The number of hydrogen-bond acceptors (Lipinski definition) is 3. The number of amides is 1. The molecule has 4 nitrogen and oxygen atoms in total. The Morgan fingerprint density at radius 1 is 1.05 bits per heavy atom. The summed E-state index contributed by atoms with van der Waals surface area (Å²) in [4.78, 5) is 16.0. The summed E-state index contributed by atoms with van der Waals surface area (Å²) in [7, 11) is 0. The van der Waals surface area contributed by atoms with Crippen LogP contribution in [0.15, 0.2) is 60.0 Å². The highest BCUT2D eigenvalue weighted by Gasteiger charge is 2.06. The van der Waals surface area contributed by atoms with Gasteiger partial charge in [0.15, 0.2) is 0 Å². The summed E-state index contributed by atoms with van der Waals surface area (Å²) in [6.07, 6.45) is 7.43. The Bertz CT molecular complexity index is 609. The fourth-order valence-corrected chi connectivity index (χ4v) is 2.12. The summed E-state index contributed by atoms with van der Waals surface area (Å²) in [6, 6.07) is 13.3. The second-order valence-corrected chi connectivity index (χ2v) is 5.06. The van der Waals surface area contributed by atoms with Crippen molar-refractivity contribution >= 4 is 11.6 Å². The predicted molar refractivity (Wildman–Crippen MR) is 88.8 cm³/mol. The van der Waals surface area contributed by atoms with E-state index >= 15 is 0 Å². The van der Waals surface area contributed by atoms with E-state index in [0.717, 1.165) is 37.0 Å². The quantitative estimate of drug-likeness (QED) is 0.480. The van der Waals surface area contributed by atoms with Crippen molar-refractivity contribution in [1.29, 1.82) is 0 Å². The SMILES string of the molecule is CCCCC/C(=N/NC(=O)c1ccncc1)c1ccccc1. The van der Waals surface area contributed by atoms with Gasteiger partial charge in [-0.25, -0.2) is 5.43 Å². The van der Waals surface area contributed by atoms with Crippen LogP contribution in [0.25, 0.3) is 0 Å². The van der Waals surface area contributed by atoms with E-state index in [0.29, 0.717) is 5.56 Å². The van der Waals surface area contributed by atoms with Crippen LogP contribution in [0.4, 0.5) is 0 Å². The van der Waals surface area contributed by atoms with Gasteiger partial charge in [0.1, 0.15) is 0 Å². The van der Waals surface area contributed by atoms with Gasteiger partial charge in [-0.15, -0.1) is 0 Å². The van der Waals surface area contributed by atoms with Crippen LogP contribution in [0.5, 0.6) is 0 Å². The van der Waals surface area contributed by atoms with E-state index in [-0.39, 0.29) is 5.91 Å². The molecule has 22 heavy (non-hydrogen) atoms. The lowest BCUT2D eigenvalue weighted by Crippen LogP contribution is -2.20. The van der Waals surface area contributed by atoms with Crippen LogP contribution in [0.3, 0.4) is 0 Å². The topological polar surface area (TPSA) is 54.4 Å². The van der Waals surface area contributed by atoms with Crippen molar-refractivity contribution in [2.45, 2.75) is 32.6 Å². The number of benzene rings is 1. The molecule has 1 amide bonds. The third-order valence-electron chi connectivity index (χ3n) is 3.36. The first-order valence-electron chi connectivity index (χ1n) is 7.63. The van der Waals surface area contributed by atoms with Crippen LogP contribution < -0.4 is 5.43 Å². The number of unbranched alkanes of at least 4 members (excludes halogenated alkanes) is 2. The molecule has 1 aromatic carbocycles. The van der Waals surface area contributed by atoms with Gasteiger partial charge in [0.05, 0.1) is 5.71 Å². The maximum atomic E-state index is 12.1. The smallest absolute Gasteiger partial charge is 0.267 e. The zero-order chi connectivity index (χ0) is 15.6. The lowest BCUT2D eigenvalue weighted by atomic mass is 10.0. The lowest BCUT2D eigenvalue weighted by Gasteiger charge is -2.07. The molecule has 0 unspecified atom stereocenters. The summed E-state index contributed by atoms with van der Waals surface area (Å²) < 4.78 is 0. The summed E-state index contributed by atoms with van der Waals surface area (Å²) in [5.41, 5.74) is 5.16. The molecule has 4 heteroatoms. The fraction of sp³-hybridized carbons (Fsp3) is 0.278. The number of carbonyl (C=O) groups is 1. The maximum absolute atomic E-state index is 12.1. The first-order valence-corrected chi connectivity index (χ1v) is 7.63. The van der Waals surface area contributed by atoms with Gasteiger partial charge in [0.2, 0.25) is 0 Å². The Balaban J connectivity index is 2.09. The Morgan fingerprint density at radius 3 is 2.45 bits per heavy atom. The normalized spacial score (nSPS) is 11.2. The highest BCUT2D eigenvalue weighted by atomic mass is 16.2. The zero-order valence-electron chi connectivity index (χ0n) is 12.8. The maximum Gasteiger partial charge on any atom is 0.271 e. The molecule has 0 radical (unpaired) electrons. The number of hydrazone groups is 1. The van der Waals surface area contributed by atoms with Crippen LogP contribution in [-0.4, -0.2) is 16.6 Å². The van der Waals surface area contributed by atoms with Crippen LogP contribution in [0.2, 0.25) is 0 Å². The van der Waals surface area contributed by atoms with Gasteiger partial charge < -0.3 is 0 Å². The van der Waals surface area contributed by atoms with Crippen molar-refractivity contribution in [2.24, 2.45) is 5.10 Å². The third-order valence-corrected chi connectivity index (χ3v) is 3.36. The minimum atomic E-state index is -0.216. The minimum Gasteiger partial charge on any atom is -0.267 e. The zero-order valence-corrected chi connectivity index (χ0v) is 12.8. The van der Waals surface area contributed by atoms with Crippen molar-refractivity contribution in [2.75, 3.05) is 0 Å². The van der Waals surface area contributed by atoms with Crippen LogP contribution in [0, 0.1) is 0 Å². The van der Waals surface area contributed by atoms with Gasteiger partial charge in [-0.05, 0) is 30.5 Å². The Morgan fingerprint density at radius 2 is 1.77 bits per heavy atom. The molecular formula is C18H21N3O. The molecule has 114 valence electrons. The van der Waals surface area contributed by atoms with Crippen molar-refractivity contribution in [3.63, 3.8) is 0 Å². The first kappa shape index (κ1) is 15.9. The molecular weight excluding hydrogens is 274 g/mol. The van der Waals surface area contributed by atoms with Gasteiger partial charge in [0.25, 0.3) is 5.91 Å². The molecule has 0 aliphatic heterocycles.